The molecule has 3 nitrogen and oxygen atoms in total. The van der Waals surface area contributed by atoms with E-state index in [0.717, 1.165) is 0 Å². The molecule has 0 spiro atoms. The van der Waals surface area contributed by atoms with Gasteiger partial charge in [0, 0.05) is 16.4 Å². The summed E-state index contributed by atoms with van der Waals surface area (Å²) in [5.41, 5.74) is -0.195. The van der Waals surface area contributed by atoms with E-state index in [1.54, 1.807) is 6.07 Å². The van der Waals surface area contributed by atoms with E-state index in [4.69, 9.17) is 9.84 Å². The van der Waals surface area contributed by atoms with Crippen LogP contribution in [-0.2, 0) is 10.7 Å². The molecule has 1 N–H and O–H groups in total. The fourth-order valence-electron chi connectivity index (χ4n) is 1.88. The number of carbonyl (C=O) groups is 1. The summed E-state index contributed by atoms with van der Waals surface area (Å²) in [7, 11) is 1.34. The second-order valence-electron chi connectivity index (χ2n) is 4.46. The summed E-state index contributed by atoms with van der Waals surface area (Å²) in [4.78, 5) is 10.5. The van der Waals surface area contributed by atoms with E-state index in [-0.39, 0.29) is 17.7 Å². The molecule has 106 valence electrons. The maximum Gasteiger partial charge on any atom is 0.303 e. The Labute approximate surface area is 124 Å². The SMILES string of the molecule is COc1ccc(I)cc1C(F)(F)CC(C)CC(=O)O. The smallest absolute Gasteiger partial charge is 0.303 e. The van der Waals surface area contributed by atoms with Gasteiger partial charge in [-0.2, -0.15) is 0 Å². The number of aliphatic carboxylic acids is 1. The number of methoxy groups -OCH3 is 1. The fourth-order valence-corrected chi connectivity index (χ4v) is 2.38. The van der Waals surface area contributed by atoms with Crippen molar-refractivity contribution in [2.75, 3.05) is 7.11 Å². The van der Waals surface area contributed by atoms with Crippen molar-refractivity contribution in [3.63, 3.8) is 0 Å². The highest BCUT2D eigenvalue weighted by molar-refractivity contribution is 14.1. The molecule has 0 radical (unpaired) electrons. The molecule has 0 aliphatic heterocycles. The predicted octanol–water partition coefficient (Wildman–Crippen LogP) is 3.89. The lowest BCUT2D eigenvalue weighted by atomic mass is 9.94. The Balaban J connectivity index is 2.98. The van der Waals surface area contributed by atoms with Gasteiger partial charge in [-0.15, -0.1) is 0 Å². The van der Waals surface area contributed by atoms with E-state index >= 15 is 0 Å². The first-order valence-electron chi connectivity index (χ1n) is 5.70. The molecule has 1 aromatic rings. The van der Waals surface area contributed by atoms with E-state index < -0.39 is 24.2 Å². The summed E-state index contributed by atoms with van der Waals surface area (Å²) < 4.78 is 34.0. The average molecular weight is 384 g/mol. The number of hydrogen-bond donors (Lipinski definition) is 1. The second kappa shape index (κ2) is 6.49. The zero-order valence-corrected chi connectivity index (χ0v) is 12.8. The van der Waals surface area contributed by atoms with Crippen LogP contribution in [-0.4, -0.2) is 18.2 Å². The average Bonchev–Trinajstić information content (AvgIpc) is 2.26. The Hall–Kier alpha value is -0.920. The summed E-state index contributed by atoms with van der Waals surface area (Å²) in [5, 5.41) is 8.63. The Bertz CT molecular complexity index is 463. The van der Waals surface area contributed by atoms with Gasteiger partial charge in [-0.3, -0.25) is 4.79 Å². The number of hydrogen-bond acceptors (Lipinski definition) is 2. The molecule has 1 aromatic carbocycles. The summed E-state index contributed by atoms with van der Waals surface area (Å²) in [6.45, 7) is 1.50. The van der Waals surface area contributed by atoms with Crippen LogP contribution in [0.3, 0.4) is 0 Å². The number of halogens is 3. The van der Waals surface area contributed by atoms with E-state index in [1.807, 2.05) is 22.6 Å². The van der Waals surface area contributed by atoms with Gasteiger partial charge in [0.2, 0.25) is 0 Å². The molecule has 0 heterocycles. The standard InChI is InChI=1S/C13H15F2IO3/c1-8(5-12(17)18)7-13(14,15)10-6-9(16)3-4-11(10)19-2/h3-4,6,8H,5,7H2,1-2H3,(H,17,18). The van der Waals surface area contributed by atoms with Crippen LogP contribution in [0.2, 0.25) is 0 Å². The lowest BCUT2D eigenvalue weighted by molar-refractivity contribution is -0.138. The molecule has 0 aliphatic carbocycles. The van der Waals surface area contributed by atoms with Crippen LogP contribution >= 0.6 is 22.6 Å². The highest BCUT2D eigenvalue weighted by atomic mass is 127. The molecule has 0 aromatic heterocycles. The molecule has 1 unspecified atom stereocenters. The molecule has 19 heavy (non-hydrogen) atoms. The minimum atomic E-state index is -3.11. The third kappa shape index (κ3) is 4.59. The number of rotatable bonds is 6. The first-order valence-corrected chi connectivity index (χ1v) is 6.77. The molecule has 0 aliphatic rings. The van der Waals surface area contributed by atoms with Crippen LogP contribution in [0.15, 0.2) is 18.2 Å². The lowest BCUT2D eigenvalue weighted by Crippen LogP contribution is -2.20. The molecule has 0 amide bonds. The molecule has 0 fully saturated rings. The fraction of sp³-hybridized carbons (Fsp3) is 0.462. The number of alkyl halides is 2. The zero-order chi connectivity index (χ0) is 14.6. The van der Waals surface area contributed by atoms with E-state index in [1.165, 1.54) is 26.2 Å². The first-order chi connectivity index (χ1) is 8.76. The van der Waals surface area contributed by atoms with Crippen molar-refractivity contribution in [1.82, 2.24) is 0 Å². The van der Waals surface area contributed by atoms with Gasteiger partial charge in [-0.05, 0) is 46.7 Å². The van der Waals surface area contributed by atoms with Crippen molar-refractivity contribution in [3.05, 3.63) is 27.3 Å². The van der Waals surface area contributed by atoms with Crippen molar-refractivity contribution < 1.29 is 23.4 Å². The normalized spacial score (nSPS) is 13.1. The largest absolute Gasteiger partial charge is 0.496 e. The lowest BCUT2D eigenvalue weighted by Gasteiger charge is -2.22. The Kier molecular flexibility index (Phi) is 5.51. The summed E-state index contributed by atoms with van der Waals surface area (Å²) in [6.07, 6.45) is -0.794. The predicted molar refractivity (Wildman–Crippen MR) is 75.6 cm³/mol. The molecular weight excluding hydrogens is 369 g/mol. The van der Waals surface area contributed by atoms with Gasteiger partial charge < -0.3 is 9.84 Å². The molecule has 0 saturated carbocycles. The van der Waals surface area contributed by atoms with Crippen LogP contribution in [0.5, 0.6) is 5.75 Å². The monoisotopic (exact) mass is 384 g/mol. The van der Waals surface area contributed by atoms with Crippen molar-refractivity contribution in [2.45, 2.75) is 25.7 Å². The van der Waals surface area contributed by atoms with Crippen molar-refractivity contribution in [1.29, 1.82) is 0 Å². The highest BCUT2D eigenvalue weighted by Crippen LogP contribution is 2.40. The molecule has 6 heteroatoms. The Morgan fingerprint density at radius 1 is 1.53 bits per heavy atom. The van der Waals surface area contributed by atoms with Crippen LogP contribution in [0, 0.1) is 9.49 Å². The number of ether oxygens (including phenoxy) is 1. The summed E-state index contributed by atoms with van der Waals surface area (Å²) in [6, 6.07) is 4.54. The van der Waals surface area contributed by atoms with Gasteiger partial charge in [-0.25, -0.2) is 8.78 Å². The van der Waals surface area contributed by atoms with E-state index in [2.05, 4.69) is 0 Å². The first kappa shape index (κ1) is 16.1. The van der Waals surface area contributed by atoms with Gasteiger partial charge in [0.15, 0.2) is 0 Å². The van der Waals surface area contributed by atoms with Crippen LogP contribution < -0.4 is 4.74 Å². The van der Waals surface area contributed by atoms with E-state index in [0.29, 0.717) is 3.57 Å². The topological polar surface area (TPSA) is 46.5 Å². The van der Waals surface area contributed by atoms with Crippen LogP contribution in [0.25, 0.3) is 0 Å². The summed E-state index contributed by atoms with van der Waals surface area (Å²) >= 11 is 1.95. The number of benzene rings is 1. The van der Waals surface area contributed by atoms with Gasteiger partial charge >= 0.3 is 5.97 Å². The van der Waals surface area contributed by atoms with Crippen molar-refractivity contribution in [2.24, 2.45) is 5.92 Å². The molecule has 1 rings (SSSR count). The van der Waals surface area contributed by atoms with Gasteiger partial charge in [0.25, 0.3) is 5.92 Å². The highest BCUT2D eigenvalue weighted by Gasteiger charge is 2.36. The molecular formula is C13H15F2IO3. The van der Waals surface area contributed by atoms with Crippen LogP contribution in [0.4, 0.5) is 8.78 Å². The quantitative estimate of drug-likeness (QED) is 0.758. The van der Waals surface area contributed by atoms with Crippen molar-refractivity contribution >= 4 is 28.6 Å². The summed E-state index contributed by atoms with van der Waals surface area (Å²) in [5.74, 6) is -4.68. The second-order valence-corrected chi connectivity index (χ2v) is 5.70. The number of carboxylic acids is 1. The van der Waals surface area contributed by atoms with Gasteiger partial charge in [0.1, 0.15) is 5.75 Å². The molecule has 1 atom stereocenters. The minimum Gasteiger partial charge on any atom is -0.496 e. The van der Waals surface area contributed by atoms with Gasteiger partial charge in [-0.1, -0.05) is 6.92 Å². The molecule has 0 saturated heterocycles. The van der Waals surface area contributed by atoms with E-state index in [9.17, 15) is 13.6 Å². The maximum absolute atomic E-state index is 14.2. The van der Waals surface area contributed by atoms with Crippen LogP contribution in [0.1, 0.15) is 25.3 Å². The Morgan fingerprint density at radius 3 is 2.68 bits per heavy atom. The van der Waals surface area contributed by atoms with Crippen molar-refractivity contribution in [3.8, 4) is 5.75 Å². The Morgan fingerprint density at radius 2 is 2.16 bits per heavy atom. The minimum absolute atomic E-state index is 0.118. The number of carboxylic acid groups (broad SMARTS) is 1. The zero-order valence-electron chi connectivity index (χ0n) is 10.6. The third-order valence-corrected chi connectivity index (χ3v) is 3.35. The third-order valence-electron chi connectivity index (χ3n) is 2.68. The molecule has 0 bridgehead atoms. The van der Waals surface area contributed by atoms with Gasteiger partial charge in [0.05, 0.1) is 12.7 Å². The maximum atomic E-state index is 14.2.